The van der Waals surface area contributed by atoms with Crippen molar-refractivity contribution in [2.75, 3.05) is 25.0 Å². The molecule has 3 rings (SSSR count). The largest absolute Gasteiger partial charge is 0.462 e. The minimum Gasteiger partial charge on any atom is -0.462 e. The van der Waals surface area contributed by atoms with Crippen molar-refractivity contribution in [3.05, 3.63) is 23.9 Å². The molecule has 0 unspecified atom stereocenters. The molecule has 1 saturated heterocycles. The van der Waals surface area contributed by atoms with Gasteiger partial charge in [0.2, 0.25) is 5.91 Å². The molecular weight excluding hydrogens is 306 g/mol. The molecule has 1 aliphatic heterocycles. The highest BCUT2D eigenvalue weighted by molar-refractivity contribution is 5.94. The van der Waals surface area contributed by atoms with E-state index in [2.05, 4.69) is 10.3 Å². The molecule has 2 aliphatic rings. The van der Waals surface area contributed by atoms with Gasteiger partial charge in [-0.2, -0.15) is 0 Å². The number of esters is 1. The minimum absolute atomic E-state index is 0.0929. The summed E-state index contributed by atoms with van der Waals surface area (Å²) in [5.41, 5.74) is 0.452. The molecule has 2 heterocycles. The summed E-state index contributed by atoms with van der Waals surface area (Å²) in [6.45, 7) is 3.93. The van der Waals surface area contributed by atoms with Crippen LogP contribution in [0.3, 0.4) is 0 Å². The van der Waals surface area contributed by atoms with Gasteiger partial charge in [0.05, 0.1) is 6.61 Å². The first-order valence-corrected chi connectivity index (χ1v) is 8.86. The van der Waals surface area contributed by atoms with Gasteiger partial charge in [0, 0.05) is 31.2 Å². The predicted octanol–water partition coefficient (Wildman–Crippen LogP) is 2.46. The Bertz CT molecular complexity index is 599. The van der Waals surface area contributed by atoms with Crippen LogP contribution in [0.5, 0.6) is 0 Å². The summed E-state index contributed by atoms with van der Waals surface area (Å²) in [7, 11) is 0. The van der Waals surface area contributed by atoms with Gasteiger partial charge in [-0.3, -0.25) is 4.79 Å². The van der Waals surface area contributed by atoms with Crippen LogP contribution in [-0.4, -0.2) is 47.5 Å². The smallest absolute Gasteiger partial charge is 0.341 e. The van der Waals surface area contributed by atoms with E-state index in [0.29, 0.717) is 23.9 Å². The monoisotopic (exact) mass is 331 g/mol. The van der Waals surface area contributed by atoms with Gasteiger partial charge < -0.3 is 15.0 Å². The van der Waals surface area contributed by atoms with Crippen LogP contribution < -0.4 is 5.32 Å². The van der Waals surface area contributed by atoms with E-state index in [9.17, 15) is 9.59 Å². The summed E-state index contributed by atoms with van der Waals surface area (Å²) in [5.74, 6) is 0.574. The van der Waals surface area contributed by atoms with Crippen LogP contribution in [0.15, 0.2) is 18.3 Å². The highest BCUT2D eigenvalue weighted by Gasteiger charge is 2.34. The number of anilines is 1. The molecule has 6 nitrogen and oxygen atoms in total. The van der Waals surface area contributed by atoms with Gasteiger partial charge in [-0.1, -0.05) is 0 Å². The molecule has 0 spiro atoms. The second-order valence-corrected chi connectivity index (χ2v) is 6.50. The maximum Gasteiger partial charge on any atom is 0.341 e. The Morgan fingerprint density at radius 1 is 1.33 bits per heavy atom. The molecule has 1 saturated carbocycles. The highest BCUT2D eigenvalue weighted by Crippen LogP contribution is 2.31. The first kappa shape index (κ1) is 16.7. The SMILES string of the molecule is CCOC(=O)c1cccnc1N[C@H]1CC[C@@H](C(=O)N2CCCC2)C1. The predicted molar refractivity (Wildman–Crippen MR) is 90.8 cm³/mol. The third kappa shape index (κ3) is 3.68. The van der Waals surface area contributed by atoms with E-state index in [-0.39, 0.29) is 17.9 Å². The lowest BCUT2D eigenvalue weighted by Crippen LogP contribution is -2.33. The number of hydrogen-bond donors (Lipinski definition) is 1. The van der Waals surface area contributed by atoms with Gasteiger partial charge in [-0.25, -0.2) is 9.78 Å². The average molecular weight is 331 g/mol. The van der Waals surface area contributed by atoms with E-state index in [1.165, 1.54) is 0 Å². The van der Waals surface area contributed by atoms with Crippen molar-refractivity contribution in [2.24, 2.45) is 5.92 Å². The Hall–Kier alpha value is -2.11. The van der Waals surface area contributed by atoms with Gasteiger partial charge in [0.1, 0.15) is 11.4 Å². The molecule has 2 atom stereocenters. The second-order valence-electron chi connectivity index (χ2n) is 6.50. The van der Waals surface area contributed by atoms with Crippen molar-refractivity contribution < 1.29 is 14.3 Å². The Morgan fingerprint density at radius 3 is 2.88 bits per heavy atom. The number of carbonyl (C=O) groups is 2. The van der Waals surface area contributed by atoms with Crippen LogP contribution in [0.1, 0.15) is 49.4 Å². The zero-order chi connectivity index (χ0) is 16.9. The molecule has 0 bridgehead atoms. The van der Waals surface area contributed by atoms with E-state index < -0.39 is 0 Å². The molecule has 1 aromatic heterocycles. The number of carbonyl (C=O) groups excluding carboxylic acids is 2. The number of hydrogen-bond acceptors (Lipinski definition) is 5. The molecule has 24 heavy (non-hydrogen) atoms. The normalized spacial score (nSPS) is 23.3. The number of pyridine rings is 1. The maximum absolute atomic E-state index is 12.5. The van der Waals surface area contributed by atoms with Crippen LogP contribution in [0, 0.1) is 5.92 Å². The zero-order valence-corrected chi connectivity index (χ0v) is 14.2. The Kier molecular flexibility index (Phi) is 5.33. The number of rotatable bonds is 5. The summed E-state index contributed by atoms with van der Waals surface area (Å²) in [4.78, 5) is 30.8. The van der Waals surface area contributed by atoms with Gasteiger partial charge >= 0.3 is 5.97 Å². The van der Waals surface area contributed by atoms with Crippen molar-refractivity contribution in [1.29, 1.82) is 0 Å². The molecule has 1 aromatic rings. The van der Waals surface area contributed by atoms with Crippen molar-refractivity contribution >= 4 is 17.7 Å². The molecule has 1 aliphatic carbocycles. The standard InChI is InChI=1S/C18H25N3O3/c1-2-24-18(23)15-6-5-9-19-16(15)20-14-8-7-13(12-14)17(22)21-10-3-4-11-21/h5-6,9,13-14H,2-4,7-8,10-12H2,1H3,(H,19,20)/t13-,14+/m1/s1. The third-order valence-electron chi connectivity index (χ3n) is 4.84. The summed E-state index contributed by atoms with van der Waals surface area (Å²) in [6.07, 6.45) is 6.52. The molecule has 6 heteroatoms. The maximum atomic E-state index is 12.5. The lowest BCUT2D eigenvalue weighted by molar-refractivity contribution is -0.134. The van der Waals surface area contributed by atoms with Crippen LogP contribution in [0.2, 0.25) is 0 Å². The number of nitrogens with one attached hydrogen (secondary N) is 1. The van der Waals surface area contributed by atoms with Gasteiger partial charge in [-0.05, 0) is 51.2 Å². The molecule has 2 fully saturated rings. The lowest BCUT2D eigenvalue weighted by Gasteiger charge is -2.20. The number of amides is 1. The van der Waals surface area contributed by atoms with E-state index in [4.69, 9.17) is 4.74 Å². The summed E-state index contributed by atoms with van der Waals surface area (Å²) < 4.78 is 5.08. The van der Waals surface area contributed by atoms with E-state index in [1.807, 2.05) is 4.90 Å². The Balaban J connectivity index is 1.61. The fourth-order valence-electron chi connectivity index (χ4n) is 3.62. The van der Waals surface area contributed by atoms with Crippen LogP contribution in [0.4, 0.5) is 5.82 Å². The molecule has 1 N–H and O–H groups in total. The molecular formula is C18H25N3O3. The van der Waals surface area contributed by atoms with Crippen molar-refractivity contribution in [2.45, 2.75) is 45.1 Å². The summed E-state index contributed by atoms with van der Waals surface area (Å²) in [6, 6.07) is 3.62. The molecule has 1 amide bonds. The van der Waals surface area contributed by atoms with Gasteiger partial charge in [0.15, 0.2) is 0 Å². The molecule has 0 radical (unpaired) electrons. The first-order valence-electron chi connectivity index (χ1n) is 8.86. The van der Waals surface area contributed by atoms with Crippen LogP contribution in [0.25, 0.3) is 0 Å². The van der Waals surface area contributed by atoms with Crippen molar-refractivity contribution in [1.82, 2.24) is 9.88 Å². The fourth-order valence-corrected chi connectivity index (χ4v) is 3.62. The topological polar surface area (TPSA) is 71.5 Å². The quantitative estimate of drug-likeness (QED) is 0.839. The molecule has 0 aromatic carbocycles. The Labute approximate surface area is 142 Å². The second kappa shape index (κ2) is 7.64. The molecule has 130 valence electrons. The summed E-state index contributed by atoms with van der Waals surface area (Å²) >= 11 is 0. The fraction of sp³-hybridized carbons (Fsp3) is 0.611. The average Bonchev–Trinajstić information content (AvgIpc) is 3.27. The number of nitrogens with zero attached hydrogens (tertiary/aromatic N) is 2. The summed E-state index contributed by atoms with van der Waals surface area (Å²) in [5, 5.41) is 3.34. The Morgan fingerprint density at radius 2 is 2.12 bits per heavy atom. The first-order chi connectivity index (χ1) is 11.7. The number of ether oxygens (including phenoxy) is 1. The number of aromatic nitrogens is 1. The van der Waals surface area contributed by atoms with Crippen LogP contribution in [-0.2, 0) is 9.53 Å². The van der Waals surface area contributed by atoms with E-state index in [0.717, 1.165) is 45.2 Å². The minimum atomic E-state index is -0.365. The van der Waals surface area contributed by atoms with Crippen molar-refractivity contribution in [3.8, 4) is 0 Å². The number of likely N-dealkylation sites (tertiary alicyclic amines) is 1. The highest BCUT2D eigenvalue weighted by atomic mass is 16.5. The third-order valence-corrected chi connectivity index (χ3v) is 4.84. The van der Waals surface area contributed by atoms with Crippen molar-refractivity contribution in [3.63, 3.8) is 0 Å². The zero-order valence-electron chi connectivity index (χ0n) is 14.2. The lowest BCUT2D eigenvalue weighted by atomic mass is 10.1. The van der Waals surface area contributed by atoms with Gasteiger partial charge in [0.25, 0.3) is 0 Å². The van der Waals surface area contributed by atoms with Crippen LogP contribution >= 0.6 is 0 Å². The van der Waals surface area contributed by atoms with E-state index in [1.54, 1.807) is 25.3 Å². The van der Waals surface area contributed by atoms with E-state index >= 15 is 0 Å². The van der Waals surface area contributed by atoms with Gasteiger partial charge in [-0.15, -0.1) is 0 Å².